The summed E-state index contributed by atoms with van der Waals surface area (Å²) in [6.07, 6.45) is 5.18. The number of ether oxygens (including phenoxy) is 1. The molecule has 0 bridgehead atoms. The highest BCUT2D eigenvalue weighted by Crippen LogP contribution is 2.10. The molecule has 1 aliphatic rings. The van der Waals surface area contributed by atoms with Crippen LogP contribution in [0.4, 0.5) is 0 Å². The molecule has 1 heterocycles. The van der Waals surface area contributed by atoms with Crippen LogP contribution in [0.2, 0.25) is 0 Å². The SMILES string of the molecule is CCCCCCC(=O)C1CN(C)CCO1. The summed E-state index contributed by atoms with van der Waals surface area (Å²) in [5.41, 5.74) is 0. The highest BCUT2D eigenvalue weighted by atomic mass is 16.5. The third-order valence-corrected chi connectivity index (χ3v) is 2.91. The van der Waals surface area contributed by atoms with Gasteiger partial charge in [-0.05, 0) is 13.5 Å². The summed E-state index contributed by atoms with van der Waals surface area (Å²) in [4.78, 5) is 13.9. The lowest BCUT2D eigenvalue weighted by molar-refractivity contribution is -0.135. The molecule has 3 heteroatoms. The van der Waals surface area contributed by atoms with Crippen LogP contribution >= 0.6 is 0 Å². The molecule has 0 amide bonds. The Hall–Kier alpha value is -0.410. The molecule has 1 fully saturated rings. The lowest BCUT2D eigenvalue weighted by atomic mass is 10.1. The van der Waals surface area contributed by atoms with Crippen molar-refractivity contribution in [3.63, 3.8) is 0 Å². The Balaban J connectivity index is 2.15. The minimum absolute atomic E-state index is 0.162. The first-order chi connectivity index (χ1) is 7.24. The van der Waals surface area contributed by atoms with Crippen LogP contribution in [0.5, 0.6) is 0 Å². The summed E-state index contributed by atoms with van der Waals surface area (Å²) in [5.74, 6) is 0.289. The van der Waals surface area contributed by atoms with Crippen LogP contribution in [0.25, 0.3) is 0 Å². The molecule has 1 unspecified atom stereocenters. The van der Waals surface area contributed by atoms with Crippen LogP contribution in [-0.2, 0) is 9.53 Å². The summed E-state index contributed by atoms with van der Waals surface area (Å²) in [6.45, 7) is 4.59. The summed E-state index contributed by atoms with van der Waals surface area (Å²) in [5, 5.41) is 0. The second-order valence-electron chi connectivity index (χ2n) is 4.40. The van der Waals surface area contributed by atoms with Crippen molar-refractivity contribution in [2.45, 2.75) is 45.1 Å². The maximum atomic E-state index is 11.8. The van der Waals surface area contributed by atoms with Crippen LogP contribution in [0, 0.1) is 0 Å². The molecule has 1 atom stereocenters. The highest BCUT2D eigenvalue weighted by Gasteiger charge is 2.23. The maximum absolute atomic E-state index is 11.8. The number of ketones is 1. The van der Waals surface area contributed by atoms with Gasteiger partial charge in [-0.3, -0.25) is 4.79 Å². The number of Topliss-reactive ketones (excluding diaryl/α,β-unsaturated/α-hetero) is 1. The Kier molecular flexibility index (Phi) is 5.88. The molecule has 3 nitrogen and oxygen atoms in total. The quantitative estimate of drug-likeness (QED) is 0.631. The van der Waals surface area contributed by atoms with Crippen molar-refractivity contribution in [1.82, 2.24) is 4.90 Å². The molecule has 1 aliphatic heterocycles. The van der Waals surface area contributed by atoms with Crippen molar-refractivity contribution in [3.05, 3.63) is 0 Å². The number of rotatable bonds is 6. The van der Waals surface area contributed by atoms with E-state index >= 15 is 0 Å². The third kappa shape index (κ3) is 4.76. The smallest absolute Gasteiger partial charge is 0.162 e. The van der Waals surface area contributed by atoms with E-state index in [1.807, 2.05) is 7.05 Å². The molecule has 88 valence electrons. The highest BCUT2D eigenvalue weighted by molar-refractivity contribution is 5.83. The van der Waals surface area contributed by atoms with E-state index < -0.39 is 0 Å². The van der Waals surface area contributed by atoms with Crippen molar-refractivity contribution in [2.24, 2.45) is 0 Å². The van der Waals surface area contributed by atoms with Crippen LogP contribution in [0.15, 0.2) is 0 Å². The molecule has 1 rings (SSSR count). The Labute approximate surface area is 92.8 Å². The van der Waals surface area contributed by atoms with E-state index in [4.69, 9.17) is 4.74 Å². The zero-order chi connectivity index (χ0) is 11.1. The van der Waals surface area contributed by atoms with Gasteiger partial charge in [-0.1, -0.05) is 26.2 Å². The number of carbonyl (C=O) groups excluding carboxylic acids is 1. The van der Waals surface area contributed by atoms with E-state index in [2.05, 4.69) is 11.8 Å². The topological polar surface area (TPSA) is 29.5 Å². The summed E-state index contributed by atoms with van der Waals surface area (Å²) >= 11 is 0. The number of hydrogen-bond donors (Lipinski definition) is 0. The fraction of sp³-hybridized carbons (Fsp3) is 0.917. The monoisotopic (exact) mass is 213 g/mol. The van der Waals surface area contributed by atoms with E-state index in [1.165, 1.54) is 19.3 Å². The second kappa shape index (κ2) is 6.96. The van der Waals surface area contributed by atoms with E-state index in [-0.39, 0.29) is 11.9 Å². The summed E-state index contributed by atoms with van der Waals surface area (Å²) in [6, 6.07) is 0. The van der Waals surface area contributed by atoms with Crippen molar-refractivity contribution in [3.8, 4) is 0 Å². The number of hydrogen-bond acceptors (Lipinski definition) is 3. The van der Waals surface area contributed by atoms with Crippen LogP contribution in [0.3, 0.4) is 0 Å². The van der Waals surface area contributed by atoms with Gasteiger partial charge in [-0.2, -0.15) is 0 Å². The standard InChI is InChI=1S/C12H23NO2/c1-3-4-5-6-7-11(14)12-10-13(2)8-9-15-12/h12H,3-10H2,1-2H3. The Morgan fingerprint density at radius 3 is 2.87 bits per heavy atom. The number of morpholine rings is 1. The van der Waals surface area contributed by atoms with Crippen molar-refractivity contribution >= 4 is 5.78 Å². The van der Waals surface area contributed by atoms with E-state index in [1.54, 1.807) is 0 Å². The first-order valence-electron chi connectivity index (χ1n) is 6.07. The zero-order valence-corrected chi connectivity index (χ0v) is 10.00. The van der Waals surface area contributed by atoms with Gasteiger partial charge >= 0.3 is 0 Å². The fourth-order valence-corrected chi connectivity index (χ4v) is 1.86. The van der Waals surface area contributed by atoms with Crippen molar-refractivity contribution < 1.29 is 9.53 Å². The first kappa shape index (κ1) is 12.7. The molecular weight excluding hydrogens is 190 g/mol. The fourth-order valence-electron chi connectivity index (χ4n) is 1.86. The van der Waals surface area contributed by atoms with Crippen LogP contribution in [-0.4, -0.2) is 43.5 Å². The zero-order valence-electron chi connectivity index (χ0n) is 10.00. The summed E-state index contributed by atoms with van der Waals surface area (Å²) < 4.78 is 5.48. The molecular formula is C12H23NO2. The second-order valence-corrected chi connectivity index (χ2v) is 4.40. The molecule has 15 heavy (non-hydrogen) atoms. The lowest BCUT2D eigenvalue weighted by Gasteiger charge is -2.29. The number of likely N-dealkylation sites (N-methyl/N-ethyl adjacent to an activating group) is 1. The Morgan fingerprint density at radius 2 is 2.20 bits per heavy atom. The third-order valence-electron chi connectivity index (χ3n) is 2.91. The van der Waals surface area contributed by atoms with Gasteiger partial charge in [0.2, 0.25) is 0 Å². The molecule has 0 aliphatic carbocycles. The van der Waals surface area contributed by atoms with Crippen molar-refractivity contribution in [1.29, 1.82) is 0 Å². The molecule has 0 radical (unpaired) electrons. The van der Waals surface area contributed by atoms with Gasteiger partial charge in [0.25, 0.3) is 0 Å². The van der Waals surface area contributed by atoms with Gasteiger partial charge in [0.1, 0.15) is 6.10 Å². The minimum Gasteiger partial charge on any atom is -0.368 e. The van der Waals surface area contributed by atoms with E-state index in [0.29, 0.717) is 13.0 Å². The van der Waals surface area contributed by atoms with Gasteiger partial charge in [0, 0.05) is 19.5 Å². The average molecular weight is 213 g/mol. The Morgan fingerprint density at radius 1 is 1.40 bits per heavy atom. The molecule has 0 aromatic carbocycles. The Bertz CT molecular complexity index is 194. The minimum atomic E-state index is -0.162. The van der Waals surface area contributed by atoms with E-state index in [9.17, 15) is 4.79 Å². The molecule has 0 aromatic rings. The predicted octanol–water partition coefficient (Wildman–Crippen LogP) is 1.86. The molecule has 0 saturated carbocycles. The van der Waals surface area contributed by atoms with Gasteiger partial charge in [-0.15, -0.1) is 0 Å². The average Bonchev–Trinajstić information content (AvgIpc) is 2.24. The van der Waals surface area contributed by atoms with E-state index in [0.717, 1.165) is 19.5 Å². The molecule has 0 spiro atoms. The van der Waals surface area contributed by atoms with Crippen molar-refractivity contribution in [2.75, 3.05) is 26.7 Å². The molecule has 1 saturated heterocycles. The normalized spacial score (nSPS) is 22.9. The van der Waals surface area contributed by atoms with Gasteiger partial charge in [0.15, 0.2) is 5.78 Å². The van der Waals surface area contributed by atoms with Crippen LogP contribution in [0.1, 0.15) is 39.0 Å². The van der Waals surface area contributed by atoms with Crippen LogP contribution < -0.4 is 0 Å². The number of nitrogens with zero attached hydrogens (tertiary/aromatic N) is 1. The number of carbonyl (C=O) groups is 1. The number of unbranched alkanes of at least 4 members (excludes halogenated alkanes) is 3. The molecule has 0 aromatic heterocycles. The molecule has 0 N–H and O–H groups in total. The largest absolute Gasteiger partial charge is 0.368 e. The van der Waals surface area contributed by atoms with Gasteiger partial charge in [0.05, 0.1) is 6.61 Å². The lowest BCUT2D eigenvalue weighted by Crippen LogP contribution is -2.44. The van der Waals surface area contributed by atoms with Gasteiger partial charge in [-0.25, -0.2) is 0 Å². The van der Waals surface area contributed by atoms with Gasteiger partial charge < -0.3 is 9.64 Å². The first-order valence-corrected chi connectivity index (χ1v) is 6.07. The maximum Gasteiger partial charge on any atom is 0.162 e. The summed E-state index contributed by atoms with van der Waals surface area (Å²) in [7, 11) is 2.04. The predicted molar refractivity (Wildman–Crippen MR) is 61.0 cm³/mol.